The third kappa shape index (κ3) is 16.5. The van der Waals surface area contributed by atoms with Gasteiger partial charge in [-0.15, -0.1) is 6.58 Å². The minimum absolute atomic E-state index is 0. The number of carboxylic acids is 1. The molecule has 0 amide bonds. The van der Waals surface area contributed by atoms with E-state index in [4.69, 9.17) is 0 Å². The van der Waals surface area contributed by atoms with Crippen LogP contribution in [0.25, 0.3) is 0 Å². The van der Waals surface area contributed by atoms with Gasteiger partial charge < -0.3 is 25.4 Å². The number of nitrogens with zero attached hydrogens (tertiary/aromatic N) is 1. The second-order valence-electron chi connectivity index (χ2n) is 5.94. The van der Waals surface area contributed by atoms with Crippen LogP contribution in [0.1, 0.15) is 45.4 Å². The summed E-state index contributed by atoms with van der Waals surface area (Å²) in [5.74, 6) is -1.08. The number of allylic oxidation sites excluding steroid dienone is 1. The van der Waals surface area contributed by atoms with Crippen molar-refractivity contribution < 1.29 is 39.0 Å². The summed E-state index contributed by atoms with van der Waals surface area (Å²) >= 11 is 0. The van der Waals surface area contributed by atoms with Crippen molar-refractivity contribution in [3.8, 4) is 0 Å². The minimum Gasteiger partial charge on any atom is -0.550 e. The summed E-state index contributed by atoms with van der Waals surface area (Å²) < 4.78 is 0. The molecule has 0 bridgehead atoms. The molecular formula is C17H33LiN2O4. The Hall–Kier alpha value is -0.353. The Labute approximate surface area is 158 Å². The van der Waals surface area contributed by atoms with Gasteiger partial charge in [-0.3, -0.25) is 4.90 Å². The fourth-order valence-corrected chi connectivity index (χ4v) is 2.29. The fourth-order valence-electron chi connectivity index (χ4n) is 2.29. The molecule has 0 aliphatic carbocycles. The molecule has 136 valence electrons. The Balaban J connectivity index is 0. The maximum Gasteiger partial charge on any atom is 1.00 e. The maximum atomic E-state index is 10.6. The van der Waals surface area contributed by atoms with E-state index in [1.165, 1.54) is 0 Å². The molecule has 0 aliphatic rings. The van der Waals surface area contributed by atoms with Gasteiger partial charge in [0.1, 0.15) is 0 Å². The SMILES string of the molecule is C=CCCC(O)CN(CCNCC(O)CCCC)CCC(=O)[O-].[Li+]. The Morgan fingerprint density at radius 1 is 1.29 bits per heavy atom. The molecule has 0 aliphatic heterocycles. The number of carbonyl (C=O) groups is 1. The second kappa shape index (κ2) is 17.5. The zero-order chi connectivity index (χ0) is 17.5. The predicted octanol–water partition coefficient (Wildman–Crippen LogP) is -3.10. The van der Waals surface area contributed by atoms with E-state index >= 15 is 0 Å². The molecular weight excluding hydrogens is 303 g/mol. The van der Waals surface area contributed by atoms with Crippen LogP contribution >= 0.6 is 0 Å². The van der Waals surface area contributed by atoms with Crippen LogP contribution in [-0.2, 0) is 4.79 Å². The third-order valence-corrected chi connectivity index (χ3v) is 3.68. The summed E-state index contributed by atoms with van der Waals surface area (Å²) in [6, 6.07) is 0. The Bertz CT molecular complexity index is 319. The predicted molar refractivity (Wildman–Crippen MR) is 89.9 cm³/mol. The van der Waals surface area contributed by atoms with Gasteiger partial charge in [0.15, 0.2) is 0 Å². The van der Waals surface area contributed by atoms with Crippen LogP contribution < -0.4 is 29.3 Å². The molecule has 3 N–H and O–H groups in total. The minimum atomic E-state index is -1.08. The van der Waals surface area contributed by atoms with E-state index in [9.17, 15) is 20.1 Å². The van der Waals surface area contributed by atoms with Crippen molar-refractivity contribution in [2.45, 2.75) is 57.7 Å². The Kier molecular flexibility index (Phi) is 18.8. The van der Waals surface area contributed by atoms with E-state index in [1.54, 1.807) is 6.08 Å². The summed E-state index contributed by atoms with van der Waals surface area (Å²) in [5.41, 5.74) is 0. The van der Waals surface area contributed by atoms with Gasteiger partial charge in [-0.2, -0.15) is 0 Å². The summed E-state index contributed by atoms with van der Waals surface area (Å²) in [6.45, 7) is 8.30. The van der Waals surface area contributed by atoms with Gasteiger partial charge >= 0.3 is 18.9 Å². The number of carboxylic acid groups (broad SMARTS) is 1. The van der Waals surface area contributed by atoms with Crippen LogP contribution in [0, 0.1) is 0 Å². The summed E-state index contributed by atoms with van der Waals surface area (Å²) in [7, 11) is 0. The zero-order valence-electron chi connectivity index (χ0n) is 15.4. The number of hydrogen-bond donors (Lipinski definition) is 3. The topological polar surface area (TPSA) is 95.9 Å². The van der Waals surface area contributed by atoms with Gasteiger partial charge in [-0.05, 0) is 25.7 Å². The molecule has 0 spiro atoms. The standard InChI is InChI=1S/C17H34N2O4.Li/c1-3-5-7-15(20)13-18-10-12-19(11-9-17(22)23)14-16(21)8-6-4-2;/h4,15-16,18,20-21H,2-3,5-14H2,1H3,(H,22,23);/q;+1/p-1. The number of aliphatic hydroxyl groups is 2. The molecule has 0 aromatic carbocycles. The van der Waals surface area contributed by atoms with Gasteiger partial charge in [-0.1, -0.05) is 25.8 Å². The molecule has 0 radical (unpaired) electrons. The molecule has 0 aromatic rings. The largest absolute Gasteiger partial charge is 1.00 e. The van der Waals surface area contributed by atoms with E-state index in [1.807, 2.05) is 4.90 Å². The van der Waals surface area contributed by atoms with Crippen molar-refractivity contribution in [2.75, 3.05) is 32.7 Å². The van der Waals surface area contributed by atoms with Crippen LogP contribution in [0.2, 0.25) is 0 Å². The van der Waals surface area contributed by atoms with Crippen LogP contribution in [-0.4, -0.2) is 66.0 Å². The quantitative estimate of drug-likeness (QED) is 0.157. The number of nitrogens with one attached hydrogen (secondary N) is 1. The molecule has 0 heterocycles. The maximum absolute atomic E-state index is 10.6. The van der Waals surface area contributed by atoms with E-state index < -0.39 is 12.1 Å². The first-order valence-corrected chi connectivity index (χ1v) is 8.59. The molecule has 7 heteroatoms. The molecule has 6 nitrogen and oxygen atoms in total. The molecule has 0 saturated heterocycles. The second-order valence-corrected chi connectivity index (χ2v) is 5.94. The van der Waals surface area contributed by atoms with Crippen LogP contribution in [0.5, 0.6) is 0 Å². The van der Waals surface area contributed by atoms with E-state index in [2.05, 4.69) is 18.8 Å². The molecule has 0 fully saturated rings. The van der Waals surface area contributed by atoms with Gasteiger partial charge in [0, 0.05) is 38.7 Å². The zero-order valence-corrected chi connectivity index (χ0v) is 15.4. The van der Waals surface area contributed by atoms with Gasteiger partial charge in [0.25, 0.3) is 0 Å². The third-order valence-electron chi connectivity index (χ3n) is 3.68. The molecule has 0 saturated carbocycles. The number of hydrogen-bond acceptors (Lipinski definition) is 6. The average Bonchev–Trinajstić information content (AvgIpc) is 2.52. The molecule has 24 heavy (non-hydrogen) atoms. The first-order valence-electron chi connectivity index (χ1n) is 8.59. The molecule has 2 atom stereocenters. The first kappa shape index (κ1) is 25.9. The molecule has 0 aromatic heterocycles. The van der Waals surface area contributed by atoms with Crippen LogP contribution in [0.3, 0.4) is 0 Å². The summed E-state index contributed by atoms with van der Waals surface area (Å²) in [6.07, 6.45) is 5.09. The van der Waals surface area contributed by atoms with Crippen LogP contribution in [0.15, 0.2) is 12.7 Å². The molecule has 0 rings (SSSR count). The monoisotopic (exact) mass is 336 g/mol. The van der Waals surface area contributed by atoms with E-state index in [-0.39, 0.29) is 31.4 Å². The number of carbonyl (C=O) groups excluding carboxylic acids is 1. The first-order chi connectivity index (χ1) is 11.0. The Morgan fingerprint density at radius 3 is 2.58 bits per heavy atom. The number of aliphatic hydroxyl groups excluding tert-OH is 2. The van der Waals surface area contributed by atoms with Crippen LogP contribution in [0.4, 0.5) is 0 Å². The fraction of sp³-hybridized carbons (Fsp3) is 0.824. The van der Waals surface area contributed by atoms with Crippen molar-refractivity contribution in [3.05, 3.63) is 12.7 Å². The number of rotatable bonds is 16. The van der Waals surface area contributed by atoms with Crippen molar-refractivity contribution >= 4 is 5.97 Å². The smallest absolute Gasteiger partial charge is 0.550 e. The van der Waals surface area contributed by atoms with Crippen molar-refractivity contribution in [2.24, 2.45) is 0 Å². The van der Waals surface area contributed by atoms with E-state index in [0.717, 1.165) is 25.7 Å². The van der Waals surface area contributed by atoms with E-state index in [0.29, 0.717) is 39.1 Å². The Morgan fingerprint density at radius 2 is 2.00 bits per heavy atom. The summed E-state index contributed by atoms with van der Waals surface area (Å²) in [4.78, 5) is 12.5. The van der Waals surface area contributed by atoms with Crippen molar-refractivity contribution in [1.82, 2.24) is 10.2 Å². The molecule has 2 unspecified atom stereocenters. The summed E-state index contributed by atoms with van der Waals surface area (Å²) in [5, 5.41) is 33.5. The van der Waals surface area contributed by atoms with Gasteiger partial charge in [-0.25, -0.2) is 0 Å². The number of aliphatic carboxylic acids is 1. The van der Waals surface area contributed by atoms with Gasteiger partial charge in [0.2, 0.25) is 0 Å². The average molecular weight is 336 g/mol. The van der Waals surface area contributed by atoms with Crippen molar-refractivity contribution in [3.63, 3.8) is 0 Å². The normalized spacial score (nSPS) is 13.3. The number of unbranched alkanes of at least 4 members (excludes halogenated alkanes) is 1. The van der Waals surface area contributed by atoms with Crippen molar-refractivity contribution in [1.29, 1.82) is 0 Å². The van der Waals surface area contributed by atoms with Gasteiger partial charge in [0.05, 0.1) is 12.2 Å².